The molecule has 30 heavy (non-hydrogen) atoms. The number of carbonyl (C=O) groups is 2. The first kappa shape index (κ1) is 19.4. The van der Waals surface area contributed by atoms with Crippen LogP contribution in [-0.2, 0) is 9.59 Å². The van der Waals surface area contributed by atoms with Crippen LogP contribution in [0.2, 0.25) is 0 Å². The van der Waals surface area contributed by atoms with Crippen LogP contribution in [0.5, 0.6) is 5.75 Å². The van der Waals surface area contributed by atoms with Crippen molar-refractivity contribution in [2.24, 2.45) is 0 Å². The van der Waals surface area contributed by atoms with Crippen molar-refractivity contribution in [1.29, 1.82) is 0 Å². The maximum atomic E-state index is 13.3. The third-order valence-corrected chi connectivity index (χ3v) is 5.08. The molecule has 1 unspecified atom stereocenters. The Morgan fingerprint density at radius 3 is 2.10 bits per heavy atom. The van der Waals surface area contributed by atoms with Crippen LogP contribution < -0.4 is 4.90 Å². The Kier molecular flexibility index (Phi) is 4.83. The Hall–Kier alpha value is -3.93. The average molecular weight is 403 g/mol. The summed E-state index contributed by atoms with van der Waals surface area (Å²) in [5, 5.41) is 20.6. The largest absolute Gasteiger partial charge is 0.508 e. The van der Waals surface area contributed by atoms with Crippen molar-refractivity contribution in [3.05, 3.63) is 101 Å². The van der Waals surface area contributed by atoms with E-state index in [9.17, 15) is 24.2 Å². The van der Waals surface area contributed by atoms with Gasteiger partial charge in [-0.1, -0.05) is 29.8 Å². The summed E-state index contributed by atoms with van der Waals surface area (Å²) >= 11 is 0. The number of benzene rings is 3. The number of Topliss-reactive ketones (excluding diaryl/α,β-unsaturated/α-hetero) is 1. The number of aryl methyl sites for hydroxylation is 1. The zero-order chi connectivity index (χ0) is 21.4. The van der Waals surface area contributed by atoms with Crippen molar-refractivity contribution in [2.75, 3.05) is 4.90 Å². The summed E-state index contributed by atoms with van der Waals surface area (Å²) in [4.78, 5) is 27.2. The van der Waals surface area contributed by atoms with Crippen molar-refractivity contribution in [3.63, 3.8) is 0 Å². The van der Waals surface area contributed by atoms with E-state index in [0.717, 1.165) is 5.56 Å². The minimum absolute atomic E-state index is 0.0320. The van der Waals surface area contributed by atoms with Gasteiger partial charge in [-0.05, 0) is 61.0 Å². The summed E-state index contributed by atoms with van der Waals surface area (Å²) in [6.45, 7) is 1.91. The van der Waals surface area contributed by atoms with Gasteiger partial charge in [0, 0.05) is 11.3 Å². The Balaban J connectivity index is 1.93. The van der Waals surface area contributed by atoms with E-state index in [1.165, 1.54) is 41.3 Å². The SMILES string of the molecule is Cc1ccc(N2C(=O)C(=O)/C(=C(/O)c3ccc(F)cc3)C2c2ccc(O)cc2)cc1. The molecule has 1 aliphatic heterocycles. The molecule has 1 fully saturated rings. The summed E-state index contributed by atoms with van der Waals surface area (Å²) in [7, 11) is 0. The van der Waals surface area contributed by atoms with Gasteiger partial charge in [-0.15, -0.1) is 0 Å². The highest BCUT2D eigenvalue weighted by Crippen LogP contribution is 2.42. The van der Waals surface area contributed by atoms with Crippen LogP contribution in [0.25, 0.3) is 5.76 Å². The number of carbonyl (C=O) groups excluding carboxylic acids is 2. The molecule has 0 spiro atoms. The number of aliphatic hydroxyl groups excluding tert-OH is 1. The number of ketones is 1. The van der Waals surface area contributed by atoms with E-state index in [1.54, 1.807) is 24.3 Å². The Morgan fingerprint density at radius 1 is 0.900 bits per heavy atom. The molecule has 1 amide bonds. The zero-order valence-electron chi connectivity index (χ0n) is 16.0. The number of phenols is 1. The van der Waals surface area contributed by atoms with Crippen LogP contribution in [0, 0.1) is 12.7 Å². The van der Waals surface area contributed by atoms with Crippen molar-refractivity contribution >= 4 is 23.1 Å². The van der Waals surface area contributed by atoms with Gasteiger partial charge in [-0.3, -0.25) is 14.5 Å². The molecule has 150 valence electrons. The maximum absolute atomic E-state index is 13.3. The van der Waals surface area contributed by atoms with Gasteiger partial charge in [0.1, 0.15) is 17.3 Å². The van der Waals surface area contributed by atoms with Crippen molar-refractivity contribution in [3.8, 4) is 5.75 Å². The quantitative estimate of drug-likeness (QED) is 0.384. The van der Waals surface area contributed by atoms with E-state index in [0.29, 0.717) is 11.3 Å². The third kappa shape index (κ3) is 3.33. The van der Waals surface area contributed by atoms with Gasteiger partial charge < -0.3 is 10.2 Å². The number of anilines is 1. The van der Waals surface area contributed by atoms with Crippen LogP contribution in [0.3, 0.4) is 0 Å². The summed E-state index contributed by atoms with van der Waals surface area (Å²) in [6.07, 6.45) is 0. The predicted molar refractivity (Wildman–Crippen MR) is 110 cm³/mol. The lowest BCUT2D eigenvalue weighted by molar-refractivity contribution is -0.132. The fraction of sp³-hybridized carbons (Fsp3) is 0.0833. The summed E-state index contributed by atoms with van der Waals surface area (Å²) in [6, 6.07) is 17.3. The number of phenolic OH excluding ortho intramolecular Hbond substituents is 1. The highest BCUT2D eigenvalue weighted by molar-refractivity contribution is 6.51. The first-order valence-corrected chi connectivity index (χ1v) is 9.29. The number of rotatable bonds is 3. The number of hydrogen-bond acceptors (Lipinski definition) is 4. The minimum Gasteiger partial charge on any atom is -0.508 e. The molecule has 3 aromatic rings. The standard InChI is InChI=1S/C24H18FNO4/c1-14-2-10-18(11-3-14)26-21(15-6-12-19(27)13-7-15)20(23(29)24(26)30)22(28)16-4-8-17(25)9-5-16/h2-13,21,27-28H,1H3/b22-20+. The highest BCUT2D eigenvalue weighted by atomic mass is 19.1. The Bertz CT molecular complexity index is 1150. The highest BCUT2D eigenvalue weighted by Gasteiger charge is 2.46. The topological polar surface area (TPSA) is 77.8 Å². The monoisotopic (exact) mass is 403 g/mol. The predicted octanol–water partition coefficient (Wildman–Crippen LogP) is 4.47. The second-order valence-corrected chi connectivity index (χ2v) is 7.10. The van der Waals surface area contributed by atoms with Crippen LogP contribution in [0.1, 0.15) is 22.7 Å². The number of amides is 1. The second-order valence-electron chi connectivity index (χ2n) is 7.10. The van der Waals surface area contributed by atoms with Gasteiger partial charge in [-0.2, -0.15) is 0 Å². The molecule has 0 radical (unpaired) electrons. The molecule has 0 aliphatic carbocycles. The van der Waals surface area contributed by atoms with E-state index in [-0.39, 0.29) is 22.6 Å². The van der Waals surface area contributed by atoms with E-state index >= 15 is 0 Å². The number of halogens is 1. The van der Waals surface area contributed by atoms with Crippen LogP contribution >= 0.6 is 0 Å². The van der Waals surface area contributed by atoms with Gasteiger partial charge in [0.2, 0.25) is 0 Å². The molecule has 6 heteroatoms. The summed E-state index contributed by atoms with van der Waals surface area (Å²) in [5.74, 6) is -2.46. The van der Waals surface area contributed by atoms with Crippen molar-refractivity contribution < 1.29 is 24.2 Å². The van der Waals surface area contributed by atoms with E-state index in [1.807, 2.05) is 19.1 Å². The smallest absolute Gasteiger partial charge is 0.300 e. The van der Waals surface area contributed by atoms with E-state index in [2.05, 4.69) is 0 Å². The Labute approximate surface area is 172 Å². The van der Waals surface area contributed by atoms with Gasteiger partial charge in [0.05, 0.1) is 11.6 Å². The zero-order valence-corrected chi connectivity index (χ0v) is 16.0. The normalized spacial score (nSPS) is 18.1. The molecule has 0 aromatic heterocycles. The molecular formula is C24H18FNO4. The molecule has 0 saturated carbocycles. The lowest BCUT2D eigenvalue weighted by Crippen LogP contribution is -2.29. The number of nitrogens with zero attached hydrogens (tertiary/aromatic N) is 1. The number of aromatic hydroxyl groups is 1. The van der Waals surface area contributed by atoms with Crippen molar-refractivity contribution in [1.82, 2.24) is 0 Å². The van der Waals surface area contributed by atoms with Gasteiger partial charge in [-0.25, -0.2) is 4.39 Å². The molecule has 1 saturated heterocycles. The van der Waals surface area contributed by atoms with Gasteiger partial charge in [0.25, 0.3) is 11.7 Å². The lowest BCUT2D eigenvalue weighted by atomic mass is 9.95. The Morgan fingerprint density at radius 2 is 1.50 bits per heavy atom. The molecule has 1 aliphatic rings. The maximum Gasteiger partial charge on any atom is 0.300 e. The first-order chi connectivity index (χ1) is 14.4. The molecule has 0 bridgehead atoms. The molecule has 2 N–H and O–H groups in total. The molecule has 5 nitrogen and oxygen atoms in total. The third-order valence-electron chi connectivity index (χ3n) is 5.08. The average Bonchev–Trinajstić information content (AvgIpc) is 3.00. The molecule has 1 atom stereocenters. The molecule has 4 rings (SSSR count). The minimum atomic E-state index is -0.904. The van der Waals surface area contributed by atoms with Crippen molar-refractivity contribution in [2.45, 2.75) is 13.0 Å². The lowest BCUT2D eigenvalue weighted by Gasteiger charge is -2.25. The van der Waals surface area contributed by atoms with Gasteiger partial charge >= 0.3 is 0 Å². The molecular weight excluding hydrogens is 385 g/mol. The number of hydrogen-bond donors (Lipinski definition) is 2. The fourth-order valence-corrected chi connectivity index (χ4v) is 3.54. The van der Waals surface area contributed by atoms with Crippen LogP contribution in [-0.4, -0.2) is 21.9 Å². The van der Waals surface area contributed by atoms with Gasteiger partial charge in [0.15, 0.2) is 0 Å². The fourth-order valence-electron chi connectivity index (χ4n) is 3.54. The van der Waals surface area contributed by atoms with Crippen LogP contribution in [0.4, 0.5) is 10.1 Å². The molecule has 1 heterocycles. The van der Waals surface area contributed by atoms with E-state index < -0.39 is 23.5 Å². The second kappa shape index (κ2) is 7.48. The van der Waals surface area contributed by atoms with Crippen LogP contribution in [0.15, 0.2) is 78.4 Å². The number of aliphatic hydroxyl groups is 1. The van der Waals surface area contributed by atoms with E-state index in [4.69, 9.17) is 0 Å². The first-order valence-electron chi connectivity index (χ1n) is 9.29. The summed E-state index contributed by atoms with van der Waals surface area (Å²) < 4.78 is 13.3. The summed E-state index contributed by atoms with van der Waals surface area (Å²) in [5.41, 5.74) is 2.15. The molecule has 3 aromatic carbocycles.